The number of fused-ring (bicyclic) bond motifs is 1. The molecule has 140 valence electrons. The maximum atomic E-state index is 12.3. The second-order valence-electron chi connectivity index (χ2n) is 6.50. The first-order valence-electron chi connectivity index (χ1n) is 9.29. The minimum absolute atomic E-state index is 0.0185. The molecule has 0 spiro atoms. The van der Waals surface area contributed by atoms with E-state index >= 15 is 0 Å². The van der Waals surface area contributed by atoms with Gasteiger partial charge >= 0.3 is 0 Å². The lowest BCUT2D eigenvalue weighted by molar-refractivity contribution is -0.121. The van der Waals surface area contributed by atoms with Crippen LogP contribution in [0.25, 0.3) is 11.0 Å². The molecule has 0 radical (unpaired) electrons. The first kappa shape index (κ1) is 17.8. The second kappa shape index (κ2) is 8.39. The summed E-state index contributed by atoms with van der Waals surface area (Å²) in [6.07, 6.45) is 0.949. The van der Waals surface area contributed by atoms with E-state index in [4.69, 9.17) is 4.74 Å². The van der Waals surface area contributed by atoms with Gasteiger partial charge in [-0.25, -0.2) is 4.98 Å². The molecule has 0 bridgehead atoms. The highest BCUT2D eigenvalue weighted by atomic mass is 16.5. The van der Waals surface area contributed by atoms with E-state index in [1.807, 2.05) is 78.9 Å². The van der Waals surface area contributed by atoms with Gasteiger partial charge in [0.2, 0.25) is 5.91 Å². The van der Waals surface area contributed by atoms with Gasteiger partial charge in [0.1, 0.15) is 17.3 Å². The Labute approximate surface area is 163 Å². The Kier molecular flexibility index (Phi) is 5.33. The zero-order valence-electron chi connectivity index (χ0n) is 15.4. The molecule has 0 atom stereocenters. The number of aromatic amines is 1. The predicted octanol–water partition coefficient (Wildman–Crippen LogP) is 4.60. The number of hydrogen-bond acceptors (Lipinski definition) is 3. The van der Waals surface area contributed by atoms with E-state index in [0.717, 1.165) is 33.9 Å². The molecule has 0 aliphatic rings. The average molecular weight is 371 g/mol. The lowest BCUT2D eigenvalue weighted by Crippen LogP contribution is -2.23. The van der Waals surface area contributed by atoms with Crippen LogP contribution in [0, 0.1) is 0 Å². The largest absolute Gasteiger partial charge is 0.457 e. The van der Waals surface area contributed by atoms with Gasteiger partial charge in [-0.2, -0.15) is 0 Å². The third kappa shape index (κ3) is 4.38. The molecule has 4 rings (SSSR count). The maximum Gasteiger partial charge on any atom is 0.220 e. The van der Waals surface area contributed by atoms with Crippen LogP contribution in [0.1, 0.15) is 17.8 Å². The lowest BCUT2D eigenvalue weighted by atomic mass is 10.2. The predicted molar refractivity (Wildman–Crippen MR) is 109 cm³/mol. The SMILES string of the molecule is O=C(CCc1nc2ccccc2[nH]1)NCc1ccccc1Oc1ccccc1. The molecule has 1 amide bonds. The molecule has 0 saturated carbocycles. The number of imidazole rings is 1. The van der Waals surface area contributed by atoms with Crippen LogP contribution in [0.4, 0.5) is 0 Å². The molecule has 5 nitrogen and oxygen atoms in total. The van der Waals surface area contributed by atoms with E-state index in [2.05, 4.69) is 15.3 Å². The number of aromatic nitrogens is 2. The molecule has 4 aromatic rings. The summed E-state index contributed by atoms with van der Waals surface area (Å²) in [6, 6.07) is 25.2. The zero-order chi connectivity index (χ0) is 19.2. The number of ether oxygens (including phenoxy) is 1. The van der Waals surface area contributed by atoms with Crippen LogP contribution in [0.15, 0.2) is 78.9 Å². The van der Waals surface area contributed by atoms with Crippen LogP contribution < -0.4 is 10.1 Å². The van der Waals surface area contributed by atoms with Crippen molar-refractivity contribution in [2.24, 2.45) is 0 Å². The summed E-state index contributed by atoms with van der Waals surface area (Å²) in [6.45, 7) is 0.419. The van der Waals surface area contributed by atoms with E-state index in [9.17, 15) is 4.79 Å². The van der Waals surface area contributed by atoms with Crippen molar-refractivity contribution < 1.29 is 9.53 Å². The number of carbonyl (C=O) groups excluding carboxylic acids is 1. The zero-order valence-corrected chi connectivity index (χ0v) is 15.4. The van der Waals surface area contributed by atoms with Crippen molar-refractivity contribution >= 4 is 16.9 Å². The molecule has 5 heteroatoms. The maximum absolute atomic E-state index is 12.3. The van der Waals surface area contributed by atoms with Crippen molar-refractivity contribution in [3.8, 4) is 11.5 Å². The standard InChI is InChI=1S/C23H21N3O2/c27-23(15-14-22-25-19-11-5-6-12-20(19)26-22)24-16-17-8-4-7-13-21(17)28-18-9-2-1-3-10-18/h1-13H,14-16H2,(H,24,27)(H,25,26). The van der Waals surface area contributed by atoms with Crippen LogP contribution in [-0.2, 0) is 17.8 Å². The van der Waals surface area contributed by atoms with Crippen molar-refractivity contribution in [3.63, 3.8) is 0 Å². The van der Waals surface area contributed by atoms with Crippen molar-refractivity contribution in [2.75, 3.05) is 0 Å². The van der Waals surface area contributed by atoms with Crippen LogP contribution in [0.5, 0.6) is 11.5 Å². The first-order valence-corrected chi connectivity index (χ1v) is 9.29. The van der Waals surface area contributed by atoms with Crippen LogP contribution in [0.3, 0.4) is 0 Å². The van der Waals surface area contributed by atoms with Gasteiger partial charge in [0, 0.05) is 24.9 Å². The summed E-state index contributed by atoms with van der Waals surface area (Å²) in [7, 11) is 0. The lowest BCUT2D eigenvalue weighted by Gasteiger charge is -2.12. The first-order chi connectivity index (χ1) is 13.8. The van der Waals surface area contributed by atoms with Crippen molar-refractivity contribution in [3.05, 3.63) is 90.3 Å². The third-order valence-corrected chi connectivity index (χ3v) is 4.45. The number of hydrogen-bond donors (Lipinski definition) is 2. The molecular weight excluding hydrogens is 350 g/mol. The molecular formula is C23H21N3O2. The summed E-state index contributed by atoms with van der Waals surface area (Å²) >= 11 is 0. The third-order valence-electron chi connectivity index (χ3n) is 4.45. The molecule has 1 heterocycles. The molecule has 0 aliphatic carbocycles. The van der Waals surface area contributed by atoms with Gasteiger partial charge in [-0.1, -0.05) is 48.5 Å². The van der Waals surface area contributed by atoms with Crippen LogP contribution >= 0.6 is 0 Å². The number of carbonyl (C=O) groups is 1. The van der Waals surface area contributed by atoms with Gasteiger partial charge in [-0.15, -0.1) is 0 Å². The van der Waals surface area contributed by atoms with Crippen molar-refractivity contribution in [1.82, 2.24) is 15.3 Å². The number of aryl methyl sites for hydroxylation is 1. The Bertz CT molecular complexity index is 1040. The minimum Gasteiger partial charge on any atom is -0.457 e. The van der Waals surface area contributed by atoms with Crippen molar-refractivity contribution in [1.29, 1.82) is 0 Å². The summed E-state index contributed by atoms with van der Waals surface area (Å²) in [5.41, 5.74) is 2.85. The van der Waals surface area contributed by atoms with Gasteiger partial charge in [0.05, 0.1) is 11.0 Å². The number of rotatable bonds is 7. The Morgan fingerprint density at radius 1 is 0.929 bits per heavy atom. The molecule has 28 heavy (non-hydrogen) atoms. The van der Waals surface area contributed by atoms with Gasteiger partial charge in [0.15, 0.2) is 0 Å². The summed E-state index contributed by atoms with van der Waals surface area (Å²) in [5.74, 6) is 2.32. The van der Waals surface area contributed by atoms with E-state index in [1.54, 1.807) is 0 Å². The van der Waals surface area contributed by atoms with Crippen LogP contribution in [0.2, 0.25) is 0 Å². The number of para-hydroxylation sites is 4. The molecule has 0 saturated heterocycles. The number of benzene rings is 3. The van der Waals surface area contributed by atoms with E-state index in [1.165, 1.54) is 0 Å². The fourth-order valence-electron chi connectivity index (χ4n) is 3.00. The number of amides is 1. The van der Waals surface area contributed by atoms with Crippen LogP contribution in [-0.4, -0.2) is 15.9 Å². The van der Waals surface area contributed by atoms with Gasteiger partial charge in [-0.3, -0.25) is 4.79 Å². The quantitative estimate of drug-likeness (QED) is 0.499. The van der Waals surface area contributed by atoms with Gasteiger partial charge in [-0.05, 0) is 30.3 Å². The van der Waals surface area contributed by atoms with E-state index in [0.29, 0.717) is 19.4 Å². The molecule has 2 N–H and O–H groups in total. The Hall–Kier alpha value is -3.60. The Balaban J connectivity index is 1.33. The topological polar surface area (TPSA) is 67.0 Å². The average Bonchev–Trinajstić information content (AvgIpc) is 3.15. The fourth-order valence-corrected chi connectivity index (χ4v) is 3.00. The summed E-state index contributed by atoms with van der Waals surface area (Å²) < 4.78 is 5.94. The molecule has 0 unspecified atom stereocenters. The minimum atomic E-state index is -0.0185. The number of H-pyrrole nitrogens is 1. The van der Waals surface area contributed by atoms with E-state index < -0.39 is 0 Å². The highest BCUT2D eigenvalue weighted by Crippen LogP contribution is 2.24. The summed E-state index contributed by atoms with van der Waals surface area (Å²) in [5, 5.41) is 2.97. The highest BCUT2D eigenvalue weighted by molar-refractivity contribution is 5.77. The van der Waals surface area contributed by atoms with Crippen molar-refractivity contribution in [2.45, 2.75) is 19.4 Å². The molecule has 3 aromatic carbocycles. The smallest absolute Gasteiger partial charge is 0.220 e. The Morgan fingerprint density at radius 2 is 1.68 bits per heavy atom. The second-order valence-corrected chi connectivity index (χ2v) is 6.50. The van der Waals surface area contributed by atoms with Gasteiger partial charge in [0.25, 0.3) is 0 Å². The van der Waals surface area contributed by atoms with E-state index in [-0.39, 0.29) is 5.91 Å². The Morgan fingerprint density at radius 3 is 2.54 bits per heavy atom. The molecule has 1 aromatic heterocycles. The van der Waals surface area contributed by atoms with Gasteiger partial charge < -0.3 is 15.0 Å². The molecule has 0 fully saturated rings. The monoisotopic (exact) mass is 371 g/mol. The summed E-state index contributed by atoms with van der Waals surface area (Å²) in [4.78, 5) is 20.0. The highest BCUT2D eigenvalue weighted by Gasteiger charge is 2.09. The number of nitrogens with zero attached hydrogens (tertiary/aromatic N) is 1. The molecule has 0 aliphatic heterocycles. The number of nitrogens with one attached hydrogen (secondary N) is 2. The normalized spacial score (nSPS) is 10.7. The fraction of sp³-hybridized carbons (Fsp3) is 0.130.